The molecule has 2 heteroatoms. The molecule has 3 N–H and O–H groups in total. The van der Waals surface area contributed by atoms with Crippen molar-refractivity contribution in [2.45, 2.75) is 45.1 Å². The third kappa shape index (κ3) is 2.82. The smallest absolute Gasteiger partial charge is 0.0416 e. The number of nitrogens with two attached hydrogens (primary N) is 1. The zero-order chi connectivity index (χ0) is 9.68. The van der Waals surface area contributed by atoms with E-state index in [0.29, 0.717) is 12.0 Å². The van der Waals surface area contributed by atoms with Crippen molar-refractivity contribution >= 4 is 0 Å². The molecule has 0 aliphatic heterocycles. The van der Waals surface area contributed by atoms with Gasteiger partial charge < -0.3 is 0 Å². The second-order valence-electron chi connectivity index (χ2n) is 4.13. The molecule has 3 unspecified atom stereocenters. The molecule has 1 aliphatic rings. The summed E-state index contributed by atoms with van der Waals surface area (Å²) >= 11 is 0. The fourth-order valence-corrected chi connectivity index (χ4v) is 2.43. The lowest BCUT2D eigenvalue weighted by molar-refractivity contribution is 0.229. The standard InChI is InChI=1S/C11H22N2/c1-3-9-6-5-7-10(8-9)11(4-2)13-12/h4,9-11,13H,2-3,5-8,12H2,1H3. The summed E-state index contributed by atoms with van der Waals surface area (Å²) in [6, 6.07) is 0.314. The van der Waals surface area contributed by atoms with Crippen molar-refractivity contribution in [2.75, 3.05) is 0 Å². The third-order valence-electron chi connectivity index (χ3n) is 3.35. The Morgan fingerprint density at radius 2 is 2.38 bits per heavy atom. The Kier molecular flexibility index (Phi) is 4.46. The van der Waals surface area contributed by atoms with Gasteiger partial charge in [0, 0.05) is 6.04 Å². The number of hydrazine groups is 1. The molecule has 2 nitrogen and oxygen atoms in total. The maximum atomic E-state index is 5.48. The van der Waals surface area contributed by atoms with Crippen LogP contribution in [0.1, 0.15) is 39.0 Å². The van der Waals surface area contributed by atoms with E-state index >= 15 is 0 Å². The van der Waals surface area contributed by atoms with Gasteiger partial charge in [-0.3, -0.25) is 11.3 Å². The van der Waals surface area contributed by atoms with Gasteiger partial charge in [0.15, 0.2) is 0 Å². The Morgan fingerprint density at radius 3 is 2.92 bits per heavy atom. The monoisotopic (exact) mass is 182 g/mol. The molecule has 0 aromatic rings. The zero-order valence-corrected chi connectivity index (χ0v) is 8.63. The largest absolute Gasteiger partial charge is 0.271 e. The predicted octanol–water partition coefficient (Wildman–Crippen LogP) is 2.22. The summed E-state index contributed by atoms with van der Waals surface area (Å²) in [4.78, 5) is 0. The molecule has 1 aliphatic carbocycles. The first-order valence-corrected chi connectivity index (χ1v) is 5.40. The molecule has 3 atom stereocenters. The molecule has 76 valence electrons. The van der Waals surface area contributed by atoms with E-state index in [1.165, 1.54) is 32.1 Å². The molecular weight excluding hydrogens is 160 g/mol. The van der Waals surface area contributed by atoms with Crippen LogP contribution in [0.5, 0.6) is 0 Å². The van der Waals surface area contributed by atoms with Gasteiger partial charge in [-0.15, -0.1) is 6.58 Å². The van der Waals surface area contributed by atoms with Crippen molar-refractivity contribution in [3.05, 3.63) is 12.7 Å². The van der Waals surface area contributed by atoms with E-state index in [9.17, 15) is 0 Å². The lowest BCUT2D eigenvalue weighted by atomic mass is 9.77. The van der Waals surface area contributed by atoms with E-state index in [1.54, 1.807) is 0 Å². The Morgan fingerprint density at radius 1 is 1.62 bits per heavy atom. The third-order valence-corrected chi connectivity index (χ3v) is 3.35. The minimum absolute atomic E-state index is 0.314. The molecule has 0 aromatic carbocycles. The number of hydrogen-bond donors (Lipinski definition) is 2. The van der Waals surface area contributed by atoms with E-state index < -0.39 is 0 Å². The summed E-state index contributed by atoms with van der Waals surface area (Å²) < 4.78 is 0. The highest BCUT2D eigenvalue weighted by Crippen LogP contribution is 2.32. The van der Waals surface area contributed by atoms with Crippen LogP contribution >= 0.6 is 0 Å². The Labute approximate surface area is 81.6 Å². The second kappa shape index (κ2) is 5.40. The first-order chi connectivity index (χ1) is 6.31. The fraction of sp³-hybridized carbons (Fsp3) is 0.818. The summed E-state index contributed by atoms with van der Waals surface area (Å²) in [5.41, 5.74) is 2.85. The summed E-state index contributed by atoms with van der Waals surface area (Å²) in [5, 5.41) is 0. The van der Waals surface area contributed by atoms with E-state index in [2.05, 4.69) is 18.9 Å². The van der Waals surface area contributed by atoms with E-state index in [4.69, 9.17) is 5.84 Å². The lowest BCUT2D eigenvalue weighted by Gasteiger charge is -2.32. The summed E-state index contributed by atoms with van der Waals surface area (Å²) in [7, 11) is 0. The molecular formula is C11H22N2. The van der Waals surface area contributed by atoms with Crippen molar-refractivity contribution in [1.82, 2.24) is 5.43 Å². The second-order valence-corrected chi connectivity index (χ2v) is 4.13. The van der Waals surface area contributed by atoms with E-state index in [0.717, 1.165) is 5.92 Å². The van der Waals surface area contributed by atoms with Gasteiger partial charge in [-0.05, 0) is 24.7 Å². The molecule has 13 heavy (non-hydrogen) atoms. The molecule has 0 saturated heterocycles. The average molecular weight is 182 g/mol. The Balaban J connectivity index is 2.44. The molecule has 0 spiro atoms. The molecule has 0 aromatic heterocycles. The molecule has 1 rings (SSSR count). The van der Waals surface area contributed by atoms with Crippen LogP contribution in [0.4, 0.5) is 0 Å². The minimum atomic E-state index is 0.314. The Hall–Kier alpha value is -0.340. The van der Waals surface area contributed by atoms with Gasteiger partial charge in [-0.2, -0.15) is 0 Å². The zero-order valence-electron chi connectivity index (χ0n) is 8.63. The van der Waals surface area contributed by atoms with Crippen molar-refractivity contribution in [2.24, 2.45) is 17.7 Å². The van der Waals surface area contributed by atoms with E-state index in [-0.39, 0.29) is 0 Å². The normalized spacial score (nSPS) is 31.2. The van der Waals surface area contributed by atoms with Gasteiger partial charge in [0.1, 0.15) is 0 Å². The van der Waals surface area contributed by atoms with Crippen LogP contribution in [0.25, 0.3) is 0 Å². The highest BCUT2D eigenvalue weighted by molar-refractivity contribution is 4.92. The number of hydrogen-bond acceptors (Lipinski definition) is 2. The SMILES string of the molecule is C=CC(NN)C1CCCC(CC)C1. The van der Waals surface area contributed by atoms with Crippen molar-refractivity contribution in [1.29, 1.82) is 0 Å². The molecule has 0 radical (unpaired) electrons. The maximum absolute atomic E-state index is 5.48. The van der Waals surface area contributed by atoms with Gasteiger partial charge in [-0.25, -0.2) is 0 Å². The van der Waals surface area contributed by atoms with Crippen molar-refractivity contribution in [3.8, 4) is 0 Å². The molecule has 0 bridgehead atoms. The summed E-state index contributed by atoms with van der Waals surface area (Å²) in [6.07, 6.45) is 8.64. The van der Waals surface area contributed by atoms with Gasteiger partial charge >= 0.3 is 0 Å². The van der Waals surface area contributed by atoms with Crippen LogP contribution in [-0.2, 0) is 0 Å². The van der Waals surface area contributed by atoms with Crippen LogP contribution in [0.2, 0.25) is 0 Å². The molecule has 1 fully saturated rings. The highest BCUT2D eigenvalue weighted by atomic mass is 15.2. The first-order valence-electron chi connectivity index (χ1n) is 5.40. The minimum Gasteiger partial charge on any atom is -0.271 e. The number of nitrogens with one attached hydrogen (secondary N) is 1. The maximum Gasteiger partial charge on any atom is 0.0416 e. The van der Waals surface area contributed by atoms with Crippen LogP contribution < -0.4 is 11.3 Å². The van der Waals surface area contributed by atoms with Crippen molar-refractivity contribution in [3.63, 3.8) is 0 Å². The Bertz CT molecular complexity index is 156. The summed E-state index contributed by atoms with van der Waals surface area (Å²) in [5.74, 6) is 7.10. The summed E-state index contributed by atoms with van der Waals surface area (Å²) in [6.45, 7) is 6.10. The van der Waals surface area contributed by atoms with Gasteiger partial charge in [0.05, 0.1) is 0 Å². The van der Waals surface area contributed by atoms with Gasteiger partial charge in [0.25, 0.3) is 0 Å². The number of rotatable bonds is 4. The van der Waals surface area contributed by atoms with Crippen LogP contribution in [-0.4, -0.2) is 6.04 Å². The first kappa shape index (κ1) is 10.7. The van der Waals surface area contributed by atoms with Gasteiger partial charge in [0.2, 0.25) is 0 Å². The van der Waals surface area contributed by atoms with Crippen LogP contribution in [0, 0.1) is 11.8 Å². The molecule has 0 heterocycles. The van der Waals surface area contributed by atoms with Crippen molar-refractivity contribution < 1.29 is 0 Å². The topological polar surface area (TPSA) is 38.0 Å². The van der Waals surface area contributed by atoms with Gasteiger partial charge in [-0.1, -0.05) is 32.3 Å². The lowest BCUT2D eigenvalue weighted by Crippen LogP contribution is -2.41. The molecule has 1 saturated carbocycles. The van der Waals surface area contributed by atoms with E-state index in [1.807, 2.05) is 6.08 Å². The van der Waals surface area contributed by atoms with Crippen LogP contribution in [0.15, 0.2) is 12.7 Å². The van der Waals surface area contributed by atoms with Crippen LogP contribution in [0.3, 0.4) is 0 Å². The fourth-order valence-electron chi connectivity index (χ4n) is 2.43. The highest BCUT2D eigenvalue weighted by Gasteiger charge is 2.25. The average Bonchev–Trinajstić information content (AvgIpc) is 2.20. The quantitative estimate of drug-likeness (QED) is 0.397. The predicted molar refractivity (Wildman–Crippen MR) is 57.0 cm³/mol. The molecule has 0 amide bonds.